The smallest absolute Gasteiger partial charge is 0.380 e. The molecule has 2 aliphatic heterocycles. The highest BCUT2D eigenvalue weighted by Crippen LogP contribution is 2.43. The quantitative estimate of drug-likeness (QED) is 0.761. The van der Waals surface area contributed by atoms with Gasteiger partial charge in [0.2, 0.25) is 5.91 Å². The Morgan fingerprint density at radius 3 is 2.59 bits per heavy atom. The van der Waals surface area contributed by atoms with E-state index < -0.39 is 17.2 Å². The number of halogens is 3. The van der Waals surface area contributed by atoms with Crippen LogP contribution in [0.15, 0.2) is 30.5 Å². The third-order valence-corrected chi connectivity index (χ3v) is 6.34. The highest BCUT2D eigenvalue weighted by atomic mass is 19.4. The molecule has 4 rings (SSSR count). The van der Waals surface area contributed by atoms with Crippen LogP contribution in [0.25, 0.3) is 10.9 Å². The fraction of sp³-hybridized carbons (Fsp3) is 0.524. The number of alkyl halides is 3. The number of carbonyl (C=O) groups is 1. The Morgan fingerprint density at radius 1 is 1.21 bits per heavy atom. The monoisotopic (exact) mass is 407 g/mol. The fourth-order valence-electron chi connectivity index (χ4n) is 4.80. The molecule has 0 aliphatic carbocycles. The summed E-state index contributed by atoms with van der Waals surface area (Å²) in [4.78, 5) is 20.7. The number of carbonyl (C=O) groups excluding carboxylic acids is 1. The van der Waals surface area contributed by atoms with Crippen LogP contribution in [0.2, 0.25) is 0 Å². The topological polar surface area (TPSA) is 45.7 Å². The lowest BCUT2D eigenvalue weighted by Crippen LogP contribution is -2.56. The van der Waals surface area contributed by atoms with Gasteiger partial charge in [0.1, 0.15) is 0 Å². The molecule has 1 unspecified atom stereocenters. The van der Waals surface area contributed by atoms with Crippen LogP contribution in [-0.4, -0.2) is 55.7 Å². The SMILES string of the molecule is COC1CN(C)C(=O)C2(CCN(c3ccnc4c(C(F)(F)F)cccc34)CC2)C1. The maximum atomic E-state index is 13.4. The first-order chi connectivity index (χ1) is 13.7. The van der Waals surface area contributed by atoms with Crippen molar-refractivity contribution < 1.29 is 22.7 Å². The highest BCUT2D eigenvalue weighted by molar-refractivity contribution is 5.94. The summed E-state index contributed by atoms with van der Waals surface area (Å²) in [6, 6.07) is 5.92. The minimum atomic E-state index is -4.45. The van der Waals surface area contributed by atoms with Crippen LogP contribution in [0.1, 0.15) is 24.8 Å². The number of amides is 1. The van der Waals surface area contributed by atoms with Gasteiger partial charge in [-0.2, -0.15) is 13.2 Å². The number of benzene rings is 1. The molecule has 1 atom stereocenters. The van der Waals surface area contributed by atoms with Gasteiger partial charge in [0, 0.05) is 51.1 Å². The molecule has 3 heterocycles. The summed E-state index contributed by atoms with van der Waals surface area (Å²) in [5, 5.41) is 0.486. The van der Waals surface area contributed by atoms with Gasteiger partial charge in [-0.3, -0.25) is 9.78 Å². The van der Waals surface area contributed by atoms with Gasteiger partial charge < -0.3 is 14.5 Å². The number of likely N-dealkylation sites (tertiary alicyclic amines) is 1. The van der Waals surface area contributed by atoms with Crippen molar-refractivity contribution >= 4 is 22.5 Å². The van der Waals surface area contributed by atoms with E-state index in [4.69, 9.17) is 4.74 Å². The molecule has 0 saturated carbocycles. The number of rotatable bonds is 2. The number of para-hydroxylation sites is 1. The lowest BCUT2D eigenvalue weighted by Gasteiger charge is -2.48. The molecule has 156 valence electrons. The summed E-state index contributed by atoms with van der Waals surface area (Å²) in [7, 11) is 3.47. The molecule has 2 aromatic rings. The number of anilines is 1. The Labute approximate surface area is 167 Å². The number of piperidine rings is 2. The predicted molar refractivity (Wildman–Crippen MR) is 104 cm³/mol. The molecule has 8 heteroatoms. The van der Waals surface area contributed by atoms with E-state index in [1.807, 2.05) is 0 Å². The zero-order valence-electron chi connectivity index (χ0n) is 16.5. The summed E-state index contributed by atoms with van der Waals surface area (Å²) in [6.07, 6.45) is -1.02. The predicted octanol–water partition coefficient (Wildman–Crippen LogP) is 3.72. The first kappa shape index (κ1) is 19.9. The molecule has 0 N–H and O–H groups in total. The number of fused-ring (bicyclic) bond motifs is 1. The third kappa shape index (κ3) is 3.43. The van der Waals surface area contributed by atoms with Crippen LogP contribution in [0.4, 0.5) is 18.9 Å². The number of methoxy groups -OCH3 is 1. The van der Waals surface area contributed by atoms with Crippen molar-refractivity contribution in [3.63, 3.8) is 0 Å². The highest BCUT2D eigenvalue weighted by Gasteiger charge is 2.48. The Kier molecular flexibility index (Phi) is 4.93. The molecule has 1 amide bonds. The Morgan fingerprint density at radius 2 is 1.93 bits per heavy atom. The second-order valence-corrected chi connectivity index (χ2v) is 8.04. The molecule has 5 nitrogen and oxygen atoms in total. The molecular formula is C21H24F3N3O2. The molecule has 2 aliphatic rings. The van der Waals surface area contributed by atoms with E-state index >= 15 is 0 Å². The summed E-state index contributed by atoms with van der Waals surface area (Å²) in [5.74, 6) is 0.143. The van der Waals surface area contributed by atoms with Gasteiger partial charge in [-0.15, -0.1) is 0 Å². The standard InChI is InChI=1S/C21H24F3N3O2/c1-26-13-14(29-2)12-20(19(26)28)7-10-27(11-8-20)17-6-9-25-18-15(17)4-3-5-16(18)21(22,23)24/h3-6,9,14H,7-8,10-13H2,1-2H3. The average Bonchev–Trinajstić information content (AvgIpc) is 2.71. The maximum absolute atomic E-state index is 13.4. The van der Waals surface area contributed by atoms with Crippen LogP contribution >= 0.6 is 0 Å². The molecule has 0 radical (unpaired) electrons. The van der Waals surface area contributed by atoms with Gasteiger partial charge >= 0.3 is 6.18 Å². The molecule has 0 bridgehead atoms. The number of ether oxygens (including phenoxy) is 1. The van der Waals surface area contributed by atoms with E-state index in [0.29, 0.717) is 44.3 Å². The van der Waals surface area contributed by atoms with E-state index in [-0.39, 0.29) is 17.5 Å². The Balaban J connectivity index is 1.62. The van der Waals surface area contributed by atoms with E-state index in [0.717, 1.165) is 11.8 Å². The van der Waals surface area contributed by atoms with E-state index in [1.165, 1.54) is 12.3 Å². The van der Waals surface area contributed by atoms with Crippen molar-refractivity contribution in [2.45, 2.75) is 31.5 Å². The first-order valence-corrected chi connectivity index (χ1v) is 9.73. The van der Waals surface area contributed by atoms with Gasteiger partial charge in [0.15, 0.2) is 0 Å². The molecule has 1 aromatic carbocycles. The summed E-state index contributed by atoms with van der Waals surface area (Å²) >= 11 is 0. The van der Waals surface area contributed by atoms with Crippen LogP contribution in [0.3, 0.4) is 0 Å². The van der Waals surface area contributed by atoms with Gasteiger partial charge in [-0.1, -0.05) is 12.1 Å². The van der Waals surface area contributed by atoms with Crippen LogP contribution in [-0.2, 0) is 15.7 Å². The van der Waals surface area contributed by atoms with E-state index in [9.17, 15) is 18.0 Å². The van der Waals surface area contributed by atoms with Crippen LogP contribution in [0.5, 0.6) is 0 Å². The second kappa shape index (κ2) is 7.16. The second-order valence-electron chi connectivity index (χ2n) is 8.04. The van der Waals surface area contributed by atoms with Crippen LogP contribution < -0.4 is 4.90 Å². The van der Waals surface area contributed by atoms with Crippen molar-refractivity contribution in [1.29, 1.82) is 0 Å². The number of likely N-dealkylation sites (N-methyl/N-ethyl adjacent to an activating group) is 1. The zero-order valence-corrected chi connectivity index (χ0v) is 16.5. The Hall–Kier alpha value is -2.35. The summed E-state index contributed by atoms with van der Waals surface area (Å²) in [6.45, 7) is 1.80. The van der Waals surface area contributed by atoms with Crippen molar-refractivity contribution in [2.75, 3.05) is 38.7 Å². The lowest BCUT2D eigenvalue weighted by atomic mass is 9.71. The van der Waals surface area contributed by atoms with Crippen LogP contribution in [0, 0.1) is 5.41 Å². The summed E-state index contributed by atoms with van der Waals surface area (Å²) < 4.78 is 45.6. The fourth-order valence-corrected chi connectivity index (χ4v) is 4.80. The first-order valence-electron chi connectivity index (χ1n) is 9.73. The molecule has 2 fully saturated rings. The van der Waals surface area contributed by atoms with Gasteiger partial charge in [0.25, 0.3) is 0 Å². The molecule has 1 aromatic heterocycles. The van der Waals surface area contributed by atoms with Crippen molar-refractivity contribution in [3.05, 3.63) is 36.0 Å². The van der Waals surface area contributed by atoms with E-state index in [2.05, 4.69) is 9.88 Å². The van der Waals surface area contributed by atoms with Crippen molar-refractivity contribution in [3.8, 4) is 0 Å². The third-order valence-electron chi connectivity index (χ3n) is 6.34. The number of pyridine rings is 1. The maximum Gasteiger partial charge on any atom is 0.418 e. The molecule has 2 saturated heterocycles. The number of aromatic nitrogens is 1. The normalized spacial score (nSPS) is 22.5. The molecule has 29 heavy (non-hydrogen) atoms. The molecular weight excluding hydrogens is 383 g/mol. The summed E-state index contributed by atoms with van der Waals surface area (Å²) in [5.41, 5.74) is -0.483. The number of hydrogen-bond donors (Lipinski definition) is 0. The number of hydrogen-bond acceptors (Lipinski definition) is 4. The largest absolute Gasteiger partial charge is 0.418 e. The molecule has 1 spiro atoms. The average molecular weight is 407 g/mol. The zero-order chi connectivity index (χ0) is 20.8. The minimum absolute atomic E-state index is 0.0142. The van der Waals surface area contributed by atoms with Gasteiger partial charge in [-0.25, -0.2) is 0 Å². The number of nitrogens with zero attached hydrogens (tertiary/aromatic N) is 3. The Bertz CT molecular complexity index is 923. The van der Waals surface area contributed by atoms with Gasteiger partial charge in [0.05, 0.1) is 22.6 Å². The minimum Gasteiger partial charge on any atom is -0.380 e. The van der Waals surface area contributed by atoms with Crippen molar-refractivity contribution in [2.24, 2.45) is 5.41 Å². The van der Waals surface area contributed by atoms with E-state index in [1.54, 1.807) is 31.2 Å². The lowest BCUT2D eigenvalue weighted by molar-refractivity contribution is -0.153. The van der Waals surface area contributed by atoms with Gasteiger partial charge in [-0.05, 0) is 31.4 Å². The van der Waals surface area contributed by atoms with Crippen molar-refractivity contribution in [1.82, 2.24) is 9.88 Å².